The van der Waals surface area contributed by atoms with Gasteiger partial charge in [-0.1, -0.05) is 277 Å². The van der Waals surface area contributed by atoms with Crippen LogP contribution in [0.15, 0.2) is 169 Å². The van der Waals surface area contributed by atoms with E-state index < -0.39 is 53.8 Å². The summed E-state index contributed by atoms with van der Waals surface area (Å²) in [5, 5.41) is 22.7. The van der Waals surface area contributed by atoms with Gasteiger partial charge in [-0.15, -0.1) is 22.2 Å². The quantitative estimate of drug-likeness (QED) is 0.00915. The number of thiocarbonyl (C=S) groups is 1. The highest BCUT2D eigenvalue weighted by Crippen LogP contribution is 2.43. The average Bonchev–Trinajstić information content (AvgIpc) is 1.76. The first kappa shape index (κ1) is 112. The van der Waals surface area contributed by atoms with Crippen LogP contribution in [0.1, 0.15) is 287 Å². The van der Waals surface area contributed by atoms with Crippen molar-refractivity contribution in [3.63, 3.8) is 0 Å². The molecule has 27 heteroatoms. The molecule has 2 aliphatic rings. The lowest BCUT2D eigenvalue weighted by Crippen LogP contribution is -2.58. The summed E-state index contributed by atoms with van der Waals surface area (Å²) in [5.41, 5.74) is 32.4. The predicted molar refractivity (Wildman–Crippen MR) is 540 cm³/mol. The average molecular weight is 1920 g/mol. The minimum Gasteiger partial charge on any atom is -0.461 e. The van der Waals surface area contributed by atoms with E-state index in [9.17, 15) is 28.8 Å². The third kappa shape index (κ3) is 36.2. The zero-order valence-electron chi connectivity index (χ0n) is 84.0. The highest BCUT2D eigenvalue weighted by Gasteiger charge is 2.49. The first-order valence-electron chi connectivity index (χ1n) is 45.9. The van der Waals surface area contributed by atoms with Gasteiger partial charge in [0.15, 0.2) is 10.7 Å². The maximum absolute atomic E-state index is 13.8. The maximum Gasteiger partial charge on any atom is 0.413 e. The van der Waals surface area contributed by atoms with Crippen molar-refractivity contribution in [3.8, 4) is 46.3 Å². The molecule has 24 nitrogen and oxygen atoms in total. The van der Waals surface area contributed by atoms with E-state index in [1.165, 1.54) is 12.8 Å². The van der Waals surface area contributed by atoms with Crippen LogP contribution in [-0.2, 0) is 86.7 Å². The number of esters is 5. The molecular weight excluding hydrogens is 1770 g/mol. The summed E-state index contributed by atoms with van der Waals surface area (Å²) >= 11 is 8.91. The largest absolute Gasteiger partial charge is 0.461 e. The molecule has 0 aliphatic heterocycles. The van der Waals surface area contributed by atoms with Crippen molar-refractivity contribution >= 4 is 77.3 Å². The van der Waals surface area contributed by atoms with E-state index in [4.69, 9.17) is 70.0 Å². The minimum absolute atomic E-state index is 0.0422. The molecule has 2 aliphatic carbocycles. The third-order valence-electron chi connectivity index (χ3n) is 20.4. The van der Waals surface area contributed by atoms with E-state index in [1.54, 1.807) is 26.0 Å². The molecule has 0 unspecified atom stereocenters. The Morgan fingerprint density at radius 2 is 0.744 bits per heavy atom. The van der Waals surface area contributed by atoms with E-state index in [0.29, 0.717) is 49.8 Å². The second kappa shape index (κ2) is 46.8. The minimum atomic E-state index is -1.42. The van der Waals surface area contributed by atoms with Gasteiger partial charge in [0.25, 0.3) is 0 Å². The molecule has 10 N–H and O–H groups in total. The number of alkyl carbamates (subject to hydrolysis) is 1. The molecule has 0 radical (unpaired) electrons. The highest BCUT2D eigenvalue weighted by molar-refractivity contribution is 9.10. The van der Waals surface area contributed by atoms with Gasteiger partial charge < -0.3 is 56.7 Å². The zero-order chi connectivity index (χ0) is 100. The first-order chi connectivity index (χ1) is 61.4. The topological polar surface area (TPSA) is 347 Å². The van der Waals surface area contributed by atoms with Crippen molar-refractivity contribution in [2.75, 3.05) is 0 Å². The van der Waals surface area contributed by atoms with Crippen LogP contribution < -0.4 is 33.6 Å². The summed E-state index contributed by atoms with van der Waals surface area (Å²) in [6, 6.07) is 47.9. The van der Waals surface area contributed by atoms with Crippen LogP contribution in [0.4, 0.5) is 4.79 Å². The molecule has 8 aromatic rings. The number of aromatic nitrogens is 6. The van der Waals surface area contributed by atoms with Crippen LogP contribution in [0.2, 0.25) is 19.6 Å². The van der Waals surface area contributed by atoms with Crippen molar-refractivity contribution in [1.82, 2.24) is 40.6 Å². The monoisotopic (exact) mass is 1920 g/mol. The Labute approximate surface area is 806 Å². The Hall–Kier alpha value is -10.2. The van der Waals surface area contributed by atoms with E-state index in [1.807, 2.05) is 258 Å². The van der Waals surface area contributed by atoms with Gasteiger partial charge in [-0.25, -0.2) is 38.1 Å². The molecular formula is C106H149BrN12O12SSi. The number of ether oxygens (including phenoxy) is 6. The number of rotatable bonds is 27. The van der Waals surface area contributed by atoms with Crippen LogP contribution in [0.25, 0.3) is 22.5 Å². The molecule has 0 saturated heterocycles. The molecule has 2 fully saturated rings. The van der Waals surface area contributed by atoms with Gasteiger partial charge in [-0.05, 0) is 236 Å². The van der Waals surface area contributed by atoms with Crippen LogP contribution in [-0.4, -0.2) is 110 Å². The molecule has 2 aromatic heterocycles. The summed E-state index contributed by atoms with van der Waals surface area (Å²) in [7, 11) is -1.42. The van der Waals surface area contributed by atoms with Crippen molar-refractivity contribution in [1.29, 1.82) is 0 Å². The molecule has 5 atom stereocenters. The van der Waals surface area contributed by atoms with Crippen LogP contribution in [0.3, 0.4) is 0 Å². The number of hydrogen-bond acceptors (Lipinski definition) is 21. The second-order valence-corrected chi connectivity index (χ2v) is 49.6. The highest BCUT2D eigenvalue weighted by atomic mass is 79.9. The Bertz CT molecular complexity index is 5270. The summed E-state index contributed by atoms with van der Waals surface area (Å²) in [6.45, 7) is 55.8. The van der Waals surface area contributed by atoms with Gasteiger partial charge in [-0.2, -0.15) is 0 Å². The molecule has 0 spiro atoms. The van der Waals surface area contributed by atoms with Crippen molar-refractivity contribution in [2.45, 2.75) is 327 Å². The number of carbonyl (C=O) groups excluding carboxylic acids is 6. The normalized spacial score (nSPS) is 15.1. The fourth-order valence-corrected chi connectivity index (χ4v) is 15.9. The molecule has 6 aromatic carbocycles. The van der Waals surface area contributed by atoms with Crippen LogP contribution >= 0.6 is 28.1 Å². The Kier molecular flexibility index (Phi) is 39.3. The predicted octanol–water partition coefficient (Wildman–Crippen LogP) is 21.1. The number of amides is 1. The lowest BCUT2D eigenvalue weighted by atomic mass is 9.75. The van der Waals surface area contributed by atoms with E-state index in [0.717, 1.165) is 78.8 Å². The number of carbonyl (C=O) groups is 6. The fraction of sp³-hybridized carbons (Fsp3) is 0.519. The number of benzene rings is 6. The Morgan fingerprint density at radius 1 is 0.444 bits per heavy atom. The number of terminal acetylenes is 1. The lowest BCUT2D eigenvalue weighted by Gasteiger charge is -2.39. The second-order valence-electron chi connectivity index (χ2n) is 43.5. The number of hydrogen-bond donors (Lipinski definition) is 6. The summed E-state index contributed by atoms with van der Waals surface area (Å²) in [5.74, 6) is 3.75. The number of nitrogens with zero attached hydrogens (tertiary/aromatic N) is 6. The van der Waals surface area contributed by atoms with Crippen LogP contribution in [0, 0.1) is 50.9 Å². The van der Waals surface area contributed by atoms with Gasteiger partial charge in [0, 0.05) is 26.7 Å². The summed E-state index contributed by atoms with van der Waals surface area (Å²) in [4.78, 5) is 76.9. The van der Waals surface area contributed by atoms with Gasteiger partial charge in [0.2, 0.25) is 0 Å². The van der Waals surface area contributed by atoms with Gasteiger partial charge in [0.1, 0.15) is 48.2 Å². The Balaban J connectivity index is 0.000000263. The van der Waals surface area contributed by atoms with Gasteiger partial charge in [0.05, 0.1) is 55.0 Å². The fourth-order valence-electron chi connectivity index (χ4n) is 14.9. The van der Waals surface area contributed by atoms with Gasteiger partial charge in [-0.3, -0.25) is 5.32 Å². The summed E-state index contributed by atoms with van der Waals surface area (Å²) in [6.07, 6.45) is 14.3. The molecule has 722 valence electrons. The summed E-state index contributed by atoms with van der Waals surface area (Å²) < 4.78 is 37.5. The molecule has 2 heterocycles. The maximum atomic E-state index is 13.8. The SMILES string of the molecule is C#Cc1ccc([C@](N)(CC(C)(C)C)C(=O)OC(C)C)cc1.CC(C)OC(=O)[C@@](N)(CC(C)(C)C)c1ccc(-c2cn(C3CC3)nn2)cc1.CC(C)OC(=O)[C@@](N)(CC(C)(C)C)c1ccc(Br)cc1.CC(C)OC(=O)[C@@](N)(CC(C)(C)C)c1ccc(C#C[Si](C)(C)C)cc1.CC(C)OC(=O)[C@](CC(C)(C)C)(NC(=S)NC(=O)OCc1ccccc1)c1ccc(-c2cn(C3CC3)nn2)cc1. The third-order valence-corrected chi connectivity index (χ3v) is 22.1. The standard InChI is InChI=1S/C30H37N5O4S.C21H30N4O2.C21H33NO2Si.C18H25NO2.C16H24BrNO2/c1-20(2)39-26(36)30(19-29(3,4)5,32-27(40)31-28(37)38-18-21-9-7-6-8-10-21)23-13-11-22(12-14-23)25-17-35(34-33-25)24-15-16-24;1-14(2)27-19(26)21(22,13-20(3,4)5)16-8-6-15(7-9-16)18-12-25(24-23-18)17-10-11-17;1-16(2)24-19(23)21(22,15-20(3,4)5)18-11-9-17(10-12-18)13-14-25(6,7)8;1-7-14-8-10-15(11-9-14)18(19,12-17(4,5)6)16(20)21-13(2)3;1-11(2)20-14(19)16(18,10-15(3,4)5)12-6-8-13(17)9-7-12/h6-14,17,20,24H,15-16,18-19H2,1-5H3,(H2,31,32,37,40);6-9,12,14,17H,10-11,13,22H2,1-5H3;9-12,16H,15,22H2,1-8H3;1,8-11,13H,12,19H2,2-6H3;6-9,11H,10,18H2,1-5H3/t30-;2*21-;18-;16-/m11111/s1. The molecule has 1 amide bonds. The van der Waals surface area contributed by atoms with Gasteiger partial charge >= 0.3 is 35.9 Å². The lowest BCUT2D eigenvalue weighted by molar-refractivity contribution is -0.157. The number of nitrogens with two attached hydrogens (primary N) is 4. The zero-order valence-corrected chi connectivity index (χ0v) is 87.4. The molecule has 10 rings (SSSR count). The number of nitrogens with one attached hydrogen (secondary N) is 2. The van der Waals surface area contributed by atoms with Crippen molar-refractivity contribution < 1.29 is 57.2 Å². The smallest absolute Gasteiger partial charge is 0.413 e. The van der Waals surface area contributed by atoms with Crippen LogP contribution in [0.5, 0.6) is 0 Å². The molecule has 0 bridgehead atoms. The Morgan fingerprint density at radius 3 is 1.05 bits per heavy atom. The van der Waals surface area contributed by atoms with E-state index in [2.05, 4.69) is 147 Å². The van der Waals surface area contributed by atoms with Crippen molar-refractivity contribution in [2.24, 2.45) is 50.0 Å². The van der Waals surface area contributed by atoms with Crippen molar-refractivity contribution in [3.05, 3.63) is 213 Å². The van der Waals surface area contributed by atoms with E-state index in [-0.39, 0.29) is 87.2 Å². The first-order valence-corrected chi connectivity index (χ1v) is 50.6. The molecule has 133 heavy (non-hydrogen) atoms. The molecule has 2 saturated carbocycles. The van der Waals surface area contributed by atoms with E-state index >= 15 is 0 Å². The number of halogens is 1.